The summed E-state index contributed by atoms with van der Waals surface area (Å²) in [5.41, 5.74) is -0.274. The molecular formula is C29H29F2N3O7S. The predicted octanol–water partition coefficient (Wildman–Crippen LogP) is 2.29. The fourth-order valence-corrected chi connectivity index (χ4v) is 5.77. The molecule has 1 saturated heterocycles. The van der Waals surface area contributed by atoms with Crippen LogP contribution in [0, 0.1) is 11.6 Å². The van der Waals surface area contributed by atoms with Crippen LogP contribution in [0.5, 0.6) is 5.75 Å². The summed E-state index contributed by atoms with van der Waals surface area (Å²) in [5, 5.41) is 2.47. The van der Waals surface area contributed by atoms with Gasteiger partial charge in [-0.05, 0) is 18.1 Å². The molecule has 0 aliphatic carbocycles. The third kappa shape index (κ3) is 6.36. The van der Waals surface area contributed by atoms with Crippen molar-refractivity contribution in [3.63, 3.8) is 0 Å². The van der Waals surface area contributed by atoms with Gasteiger partial charge in [-0.3, -0.25) is 14.4 Å². The van der Waals surface area contributed by atoms with Crippen molar-refractivity contribution in [3.05, 3.63) is 99.0 Å². The molecule has 2 aliphatic heterocycles. The van der Waals surface area contributed by atoms with Crippen LogP contribution in [0.15, 0.2) is 59.5 Å². The number of halogens is 2. The van der Waals surface area contributed by atoms with Gasteiger partial charge in [0, 0.05) is 37.0 Å². The number of hydrogen-bond donors (Lipinski definition) is 1. The molecule has 0 saturated carbocycles. The van der Waals surface area contributed by atoms with E-state index >= 15 is 0 Å². The molecule has 3 aromatic rings. The standard InChI is InChI=1S/C29H29F2N3O7S/c1-42(38,39)12-10-21-17-41-24-16-33-15-22(28(36)32-14-19-7-8-20(30)13-23(19)31)26(35)27(25(33)29(37)34(21)24)40-11-9-18-5-3-2-4-6-18/h2-8,13,15,21,24H,9-12,14,16-17H2,1H3,(H,32,36). The second-order valence-electron chi connectivity index (χ2n) is 10.3. The van der Waals surface area contributed by atoms with Crippen LogP contribution in [0.3, 0.4) is 0 Å². The molecule has 3 heterocycles. The molecule has 2 atom stereocenters. The van der Waals surface area contributed by atoms with Gasteiger partial charge in [0.05, 0.1) is 31.6 Å². The van der Waals surface area contributed by atoms with Crippen molar-refractivity contribution in [1.29, 1.82) is 0 Å². The number of nitrogens with one attached hydrogen (secondary N) is 1. The number of amides is 2. The number of pyridine rings is 1. The minimum absolute atomic E-state index is 0.0208. The number of carbonyl (C=O) groups is 2. The number of hydrogen-bond acceptors (Lipinski definition) is 7. The molecule has 222 valence electrons. The minimum atomic E-state index is -3.29. The zero-order chi connectivity index (χ0) is 30.0. The molecule has 5 rings (SSSR count). The average Bonchev–Trinajstić information content (AvgIpc) is 3.36. The van der Waals surface area contributed by atoms with Crippen molar-refractivity contribution in [3.8, 4) is 5.75 Å². The summed E-state index contributed by atoms with van der Waals surface area (Å²) < 4.78 is 64.0. The Balaban J connectivity index is 1.45. The van der Waals surface area contributed by atoms with E-state index in [0.717, 1.165) is 17.9 Å². The average molecular weight is 602 g/mol. The first kappa shape index (κ1) is 29.4. The quantitative estimate of drug-likeness (QED) is 0.378. The van der Waals surface area contributed by atoms with Crippen LogP contribution in [-0.4, -0.2) is 67.2 Å². The van der Waals surface area contributed by atoms with E-state index in [-0.39, 0.29) is 61.0 Å². The Kier molecular flexibility index (Phi) is 8.41. The van der Waals surface area contributed by atoms with Gasteiger partial charge in [-0.15, -0.1) is 0 Å². The van der Waals surface area contributed by atoms with Gasteiger partial charge in [-0.2, -0.15) is 0 Å². The van der Waals surface area contributed by atoms with Gasteiger partial charge in [0.25, 0.3) is 11.8 Å². The second-order valence-corrected chi connectivity index (χ2v) is 12.5. The summed E-state index contributed by atoms with van der Waals surface area (Å²) >= 11 is 0. The number of fused-ring (bicyclic) bond motifs is 2. The SMILES string of the molecule is CS(=O)(=O)CCC1COC2Cn3cc(C(=O)NCc4ccc(F)cc4F)c(=O)c(OCCc4ccccc4)c3C(=O)N12. The van der Waals surface area contributed by atoms with Crippen molar-refractivity contribution >= 4 is 21.7 Å². The summed E-state index contributed by atoms with van der Waals surface area (Å²) in [6, 6.07) is 11.8. The highest BCUT2D eigenvalue weighted by atomic mass is 32.2. The molecule has 42 heavy (non-hydrogen) atoms. The molecule has 0 spiro atoms. The summed E-state index contributed by atoms with van der Waals surface area (Å²) in [5.74, 6) is -3.48. The van der Waals surface area contributed by atoms with E-state index in [1.807, 2.05) is 30.3 Å². The van der Waals surface area contributed by atoms with Crippen LogP contribution in [0.4, 0.5) is 8.78 Å². The van der Waals surface area contributed by atoms with Crippen LogP contribution in [0.25, 0.3) is 0 Å². The van der Waals surface area contributed by atoms with Crippen LogP contribution in [0.1, 0.15) is 38.4 Å². The first-order chi connectivity index (χ1) is 20.0. The van der Waals surface area contributed by atoms with Gasteiger partial charge in [0.15, 0.2) is 17.7 Å². The maximum absolute atomic E-state index is 14.1. The lowest BCUT2D eigenvalue weighted by atomic mass is 10.1. The smallest absolute Gasteiger partial charge is 0.276 e. The Bertz CT molecular complexity index is 1680. The van der Waals surface area contributed by atoms with Gasteiger partial charge < -0.3 is 24.3 Å². The van der Waals surface area contributed by atoms with Gasteiger partial charge in [-0.25, -0.2) is 17.2 Å². The number of rotatable bonds is 10. The molecule has 1 N–H and O–H groups in total. The van der Waals surface area contributed by atoms with E-state index in [4.69, 9.17) is 9.47 Å². The third-order valence-electron chi connectivity index (χ3n) is 7.21. The number of carbonyl (C=O) groups excluding carboxylic acids is 2. The Morgan fingerprint density at radius 1 is 1.14 bits per heavy atom. The van der Waals surface area contributed by atoms with Crippen molar-refractivity contribution < 1.29 is 36.3 Å². The molecular weight excluding hydrogens is 572 g/mol. The molecule has 13 heteroatoms. The first-order valence-electron chi connectivity index (χ1n) is 13.3. The number of benzene rings is 2. The molecule has 2 aliphatic rings. The van der Waals surface area contributed by atoms with E-state index in [9.17, 15) is 31.6 Å². The van der Waals surface area contributed by atoms with Gasteiger partial charge in [0.1, 0.15) is 27.0 Å². The van der Waals surface area contributed by atoms with Gasteiger partial charge >= 0.3 is 0 Å². The van der Waals surface area contributed by atoms with Crippen LogP contribution in [0.2, 0.25) is 0 Å². The number of ether oxygens (including phenoxy) is 2. The topological polar surface area (TPSA) is 124 Å². The minimum Gasteiger partial charge on any atom is -0.487 e. The number of nitrogens with zero attached hydrogens (tertiary/aromatic N) is 2. The van der Waals surface area contributed by atoms with E-state index < -0.39 is 51.0 Å². The van der Waals surface area contributed by atoms with E-state index in [2.05, 4.69) is 5.32 Å². The largest absolute Gasteiger partial charge is 0.487 e. The number of sulfone groups is 1. The van der Waals surface area contributed by atoms with E-state index in [0.29, 0.717) is 12.5 Å². The van der Waals surface area contributed by atoms with Crippen LogP contribution in [-0.2, 0) is 34.1 Å². The van der Waals surface area contributed by atoms with Crippen molar-refractivity contribution in [2.75, 3.05) is 25.2 Å². The monoisotopic (exact) mass is 601 g/mol. The predicted molar refractivity (Wildman–Crippen MR) is 148 cm³/mol. The highest BCUT2D eigenvalue weighted by Crippen LogP contribution is 2.31. The maximum Gasteiger partial charge on any atom is 0.276 e. The highest BCUT2D eigenvalue weighted by molar-refractivity contribution is 7.90. The second kappa shape index (κ2) is 12.0. The molecule has 1 aromatic heterocycles. The van der Waals surface area contributed by atoms with E-state index in [1.165, 1.54) is 21.7 Å². The summed E-state index contributed by atoms with van der Waals surface area (Å²) in [4.78, 5) is 42.0. The van der Waals surface area contributed by atoms with Crippen molar-refractivity contribution in [2.45, 2.75) is 38.2 Å². The summed E-state index contributed by atoms with van der Waals surface area (Å²) in [6.45, 7) is -0.0935. The fourth-order valence-electron chi connectivity index (χ4n) is 5.07. The Morgan fingerprint density at radius 2 is 1.90 bits per heavy atom. The molecule has 2 aromatic carbocycles. The molecule has 2 amide bonds. The highest BCUT2D eigenvalue weighted by Gasteiger charge is 2.45. The maximum atomic E-state index is 14.1. The first-order valence-corrected chi connectivity index (χ1v) is 15.4. The normalized spacial score (nSPS) is 18.0. The molecule has 0 radical (unpaired) electrons. The van der Waals surface area contributed by atoms with Crippen molar-refractivity contribution in [2.24, 2.45) is 0 Å². The van der Waals surface area contributed by atoms with E-state index in [1.54, 1.807) is 0 Å². The molecule has 0 bridgehead atoms. The molecule has 10 nitrogen and oxygen atoms in total. The van der Waals surface area contributed by atoms with Crippen LogP contribution >= 0.6 is 0 Å². The zero-order valence-electron chi connectivity index (χ0n) is 22.7. The summed E-state index contributed by atoms with van der Waals surface area (Å²) in [6.07, 6.45) is 2.19. The van der Waals surface area contributed by atoms with Gasteiger partial charge in [-0.1, -0.05) is 36.4 Å². The third-order valence-corrected chi connectivity index (χ3v) is 8.19. The Hall–Kier alpha value is -4.10. The Morgan fingerprint density at radius 3 is 2.62 bits per heavy atom. The van der Waals surface area contributed by atoms with Crippen molar-refractivity contribution in [1.82, 2.24) is 14.8 Å². The lowest BCUT2D eigenvalue weighted by Gasteiger charge is -2.35. The number of aromatic nitrogens is 1. The lowest BCUT2D eigenvalue weighted by Crippen LogP contribution is -2.50. The zero-order valence-corrected chi connectivity index (χ0v) is 23.5. The fraction of sp³-hybridized carbons (Fsp3) is 0.345. The van der Waals surface area contributed by atoms with Crippen LogP contribution < -0.4 is 15.5 Å². The lowest BCUT2D eigenvalue weighted by molar-refractivity contribution is 0.00549. The molecule has 2 unspecified atom stereocenters. The molecule has 1 fully saturated rings. The van der Waals surface area contributed by atoms with Gasteiger partial charge in [0.2, 0.25) is 5.43 Å². The Labute approximate surface area is 240 Å². The summed E-state index contributed by atoms with van der Waals surface area (Å²) in [7, 11) is -3.29.